The average molecular weight is 398 g/mol. The van der Waals surface area contributed by atoms with Crippen LogP contribution in [0.3, 0.4) is 0 Å². The molecule has 0 amide bonds. The van der Waals surface area contributed by atoms with Crippen molar-refractivity contribution in [3.63, 3.8) is 0 Å². The third-order valence-electron chi connectivity index (χ3n) is 5.41. The van der Waals surface area contributed by atoms with E-state index in [4.69, 9.17) is 9.47 Å². The lowest BCUT2D eigenvalue weighted by Crippen LogP contribution is -2.44. The Morgan fingerprint density at radius 2 is 1.90 bits per heavy atom. The van der Waals surface area contributed by atoms with Crippen molar-refractivity contribution in [3.8, 4) is 11.5 Å². The number of hydrogen-bond acceptors (Lipinski definition) is 4. The normalized spacial score (nSPS) is 19.2. The van der Waals surface area contributed by atoms with Gasteiger partial charge in [-0.15, -0.1) is 0 Å². The van der Waals surface area contributed by atoms with E-state index in [9.17, 15) is 5.11 Å². The number of ether oxygens (including phenoxy) is 2. The smallest absolute Gasteiger partial charge is 0.191 e. The fourth-order valence-corrected chi connectivity index (χ4v) is 3.52. The maximum Gasteiger partial charge on any atom is 0.191 e. The predicted octanol–water partition coefficient (Wildman–Crippen LogP) is 3.24. The summed E-state index contributed by atoms with van der Waals surface area (Å²) in [6.07, 6.45) is 1.68. The summed E-state index contributed by atoms with van der Waals surface area (Å²) in [7, 11) is 1.76. The minimum atomic E-state index is -0.0295. The van der Waals surface area contributed by atoms with Gasteiger partial charge in [0.15, 0.2) is 5.96 Å². The molecule has 156 valence electrons. The SMILES string of the molecule is CN=C(NCc1ccccc1Oc1ccccc1C)NCC1(CCO)CCOC1. The first-order valence-corrected chi connectivity index (χ1v) is 10.1. The van der Waals surface area contributed by atoms with Crippen LogP contribution in [0.2, 0.25) is 0 Å². The van der Waals surface area contributed by atoms with Crippen LogP contribution < -0.4 is 15.4 Å². The molecule has 1 atom stereocenters. The average Bonchev–Trinajstić information content (AvgIpc) is 3.20. The topological polar surface area (TPSA) is 75.1 Å². The monoisotopic (exact) mass is 397 g/mol. The number of aryl methyl sites for hydroxylation is 1. The third kappa shape index (κ3) is 5.71. The number of benzene rings is 2. The highest BCUT2D eigenvalue weighted by Crippen LogP contribution is 2.31. The molecule has 0 radical (unpaired) electrons. The van der Waals surface area contributed by atoms with Crippen LogP contribution in [0.4, 0.5) is 0 Å². The van der Waals surface area contributed by atoms with Crippen molar-refractivity contribution in [2.75, 3.05) is 33.4 Å². The summed E-state index contributed by atoms with van der Waals surface area (Å²) in [4.78, 5) is 4.33. The Balaban J connectivity index is 1.60. The van der Waals surface area contributed by atoms with Gasteiger partial charge >= 0.3 is 0 Å². The van der Waals surface area contributed by atoms with Crippen molar-refractivity contribution in [2.45, 2.75) is 26.3 Å². The zero-order chi connectivity index (χ0) is 20.5. The van der Waals surface area contributed by atoms with Gasteiger partial charge in [0.2, 0.25) is 0 Å². The molecule has 0 aliphatic carbocycles. The molecule has 29 heavy (non-hydrogen) atoms. The van der Waals surface area contributed by atoms with Crippen molar-refractivity contribution in [1.29, 1.82) is 0 Å². The summed E-state index contributed by atoms with van der Waals surface area (Å²) < 4.78 is 11.7. The molecule has 3 N–H and O–H groups in total. The summed E-state index contributed by atoms with van der Waals surface area (Å²) in [5, 5.41) is 16.2. The molecule has 6 nitrogen and oxygen atoms in total. The standard InChI is InChI=1S/C23H31N3O3/c1-18-7-3-5-9-20(18)29-21-10-6-4-8-19(21)15-25-22(24-2)26-16-23(11-13-27)12-14-28-17-23/h3-10,27H,11-17H2,1-2H3,(H2,24,25,26). The Morgan fingerprint density at radius 1 is 1.14 bits per heavy atom. The molecule has 1 fully saturated rings. The lowest BCUT2D eigenvalue weighted by Gasteiger charge is -2.27. The van der Waals surface area contributed by atoms with Crippen LogP contribution >= 0.6 is 0 Å². The Kier molecular flexibility index (Phi) is 7.49. The van der Waals surface area contributed by atoms with Crippen LogP contribution in [-0.4, -0.2) is 44.5 Å². The van der Waals surface area contributed by atoms with Crippen LogP contribution in [0.15, 0.2) is 53.5 Å². The molecule has 1 unspecified atom stereocenters. The molecular formula is C23H31N3O3. The highest BCUT2D eigenvalue weighted by atomic mass is 16.5. The molecule has 1 saturated heterocycles. The fourth-order valence-electron chi connectivity index (χ4n) is 3.52. The number of nitrogens with zero attached hydrogens (tertiary/aromatic N) is 1. The van der Waals surface area contributed by atoms with E-state index in [1.165, 1.54) is 0 Å². The molecule has 1 aliphatic heterocycles. The predicted molar refractivity (Wildman–Crippen MR) is 115 cm³/mol. The van der Waals surface area contributed by atoms with E-state index in [2.05, 4.69) is 15.6 Å². The fraction of sp³-hybridized carbons (Fsp3) is 0.435. The minimum Gasteiger partial charge on any atom is -0.457 e. The van der Waals surface area contributed by atoms with Gasteiger partial charge in [0.05, 0.1) is 6.61 Å². The molecule has 1 heterocycles. The summed E-state index contributed by atoms with van der Waals surface area (Å²) >= 11 is 0. The van der Waals surface area contributed by atoms with E-state index >= 15 is 0 Å². The van der Waals surface area contributed by atoms with Crippen LogP contribution in [0.1, 0.15) is 24.0 Å². The van der Waals surface area contributed by atoms with E-state index in [0.29, 0.717) is 19.7 Å². The summed E-state index contributed by atoms with van der Waals surface area (Å²) in [6, 6.07) is 16.0. The van der Waals surface area contributed by atoms with Gasteiger partial charge in [-0.05, 0) is 37.5 Å². The van der Waals surface area contributed by atoms with Crippen LogP contribution in [0.5, 0.6) is 11.5 Å². The van der Waals surface area contributed by atoms with Gasteiger partial charge in [-0.2, -0.15) is 0 Å². The molecule has 0 bridgehead atoms. The quantitative estimate of drug-likeness (QED) is 0.471. The van der Waals surface area contributed by atoms with Crippen molar-refractivity contribution in [1.82, 2.24) is 10.6 Å². The number of rotatable bonds is 8. The van der Waals surface area contributed by atoms with Crippen LogP contribution in [0, 0.1) is 12.3 Å². The van der Waals surface area contributed by atoms with E-state index in [1.807, 2.05) is 55.5 Å². The molecule has 0 aromatic heterocycles. The number of para-hydroxylation sites is 2. The summed E-state index contributed by atoms with van der Waals surface area (Å²) in [6.45, 7) is 4.93. The van der Waals surface area contributed by atoms with Crippen LogP contribution in [0.25, 0.3) is 0 Å². The Hall–Kier alpha value is -2.57. The van der Waals surface area contributed by atoms with E-state index in [-0.39, 0.29) is 12.0 Å². The highest BCUT2D eigenvalue weighted by molar-refractivity contribution is 5.79. The Labute approximate surface area is 173 Å². The second-order valence-corrected chi connectivity index (χ2v) is 7.53. The lowest BCUT2D eigenvalue weighted by atomic mass is 9.84. The Bertz CT molecular complexity index is 817. The number of aliphatic hydroxyl groups excluding tert-OH is 1. The van der Waals surface area contributed by atoms with Gasteiger partial charge in [0.25, 0.3) is 0 Å². The molecule has 6 heteroatoms. The summed E-state index contributed by atoms with van der Waals surface area (Å²) in [5.74, 6) is 2.40. The van der Waals surface area contributed by atoms with Gasteiger partial charge in [-0.1, -0.05) is 36.4 Å². The number of hydrogen-bond donors (Lipinski definition) is 3. The number of aliphatic hydroxyl groups is 1. The van der Waals surface area contributed by atoms with E-state index in [1.54, 1.807) is 7.05 Å². The molecule has 3 rings (SSSR count). The van der Waals surface area contributed by atoms with Crippen molar-refractivity contribution >= 4 is 5.96 Å². The maximum atomic E-state index is 9.39. The number of aliphatic imine (C=N–C) groups is 1. The van der Waals surface area contributed by atoms with Gasteiger partial charge in [-0.3, -0.25) is 4.99 Å². The molecular weight excluding hydrogens is 366 g/mol. The summed E-state index contributed by atoms with van der Waals surface area (Å²) in [5.41, 5.74) is 2.12. The second-order valence-electron chi connectivity index (χ2n) is 7.53. The van der Waals surface area contributed by atoms with Gasteiger partial charge in [0, 0.05) is 44.3 Å². The molecule has 0 spiro atoms. The first kappa shape index (κ1) is 21.1. The van der Waals surface area contributed by atoms with Crippen molar-refractivity contribution in [2.24, 2.45) is 10.4 Å². The first-order chi connectivity index (χ1) is 14.2. The molecule has 0 saturated carbocycles. The van der Waals surface area contributed by atoms with Crippen molar-refractivity contribution in [3.05, 3.63) is 59.7 Å². The second kappa shape index (κ2) is 10.3. The first-order valence-electron chi connectivity index (χ1n) is 10.1. The lowest BCUT2D eigenvalue weighted by molar-refractivity contribution is 0.127. The third-order valence-corrected chi connectivity index (χ3v) is 5.41. The van der Waals surface area contributed by atoms with Crippen molar-refractivity contribution < 1.29 is 14.6 Å². The van der Waals surface area contributed by atoms with Crippen LogP contribution in [-0.2, 0) is 11.3 Å². The number of guanidine groups is 1. The van der Waals surface area contributed by atoms with E-state index < -0.39 is 0 Å². The Morgan fingerprint density at radius 3 is 2.59 bits per heavy atom. The number of nitrogens with one attached hydrogen (secondary N) is 2. The largest absolute Gasteiger partial charge is 0.457 e. The van der Waals surface area contributed by atoms with Gasteiger partial charge < -0.3 is 25.2 Å². The van der Waals surface area contributed by atoms with Gasteiger partial charge in [-0.25, -0.2) is 0 Å². The van der Waals surface area contributed by atoms with E-state index in [0.717, 1.165) is 48.0 Å². The zero-order valence-electron chi connectivity index (χ0n) is 17.3. The molecule has 1 aliphatic rings. The maximum absolute atomic E-state index is 9.39. The highest BCUT2D eigenvalue weighted by Gasteiger charge is 2.34. The minimum absolute atomic E-state index is 0.0295. The molecule has 2 aromatic rings. The zero-order valence-corrected chi connectivity index (χ0v) is 17.3. The molecule has 2 aromatic carbocycles. The van der Waals surface area contributed by atoms with Gasteiger partial charge in [0.1, 0.15) is 11.5 Å².